The summed E-state index contributed by atoms with van der Waals surface area (Å²) in [4.78, 5) is 35.0. The second-order valence-electron chi connectivity index (χ2n) is 5.20. The number of benzene rings is 1. The molecule has 0 saturated carbocycles. The predicted octanol–water partition coefficient (Wildman–Crippen LogP) is 2.36. The molecule has 2 heterocycles. The van der Waals surface area contributed by atoms with E-state index in [9.17, 15) is 31.9 Å². The van der Waals surface area contributed by atoms with Crippen LogP contribution in [0.3, 0.4) is 0 Å². The monoisotopic (exact) mass is 405 g/mol. The van der Waals surface area contributed by atoms with Crippen molar-refractivity contribution in [2.75, 3.05) is 0 Å². The van der Waals surface area contributed by atoms with Gasteiger partial charge < -0.3 is 9.84 Å². The first-order valence-electron chi connectivity index (χ1n) is 6.91. The molecule has 0 aliphatic carbocycles. The Hall–Kier alpha value is -3.22. The van der Waals surface area contributed by atoms with Crippen molar-refractivity contribution in [3.8, 4) is 11.6 Å². The Morgan fingerprint density at radius 1 is 1.26 bits per heavy atom. The van der Waals surface area contributed by atoms with E-state index in [0.717, 1.165) is 19.2 Å². The van der Waals surface area contributed by atoms with Crippen LogP contribution in [0.4, 0.5) is 22.4 Å². The number of aromatic nitrogens is 3. The van der Waals surface area contributed by atoms with Crippen molar-refractivity contribution in [2.45, 2.75) is 6.18 Å². The minimum absolute atomic E-state index is 0.0346. The fraction of sp³-hybridized carbons (Fsp3) is 0.143. The molecule has 0 atom stereocenters. The SMILES string of the molecule is Cn1c(C(F)(F)F)cc(=O)n(-c2cc3c(OC(=O)O)nsc3cc2F)c1=O. The smallest absolute Gasteiger partial charge is 0.449 e. The normalized spacial score (nSPS) is 11.7. The summed E-state index contributed by atoms with van der Waals surface area (Å²) in [5, 5.41) is 8.64. The molecule has 0 unspecified atom stereocenters. The summed E-state index contributed by atoms with van der Waals surface area (Å²) in [7, 11) is 0.780. The standard InChI is InChI=1S/C14H7F4N3O5S/c1-20-9(14(16,17)18)4-10(22)21(12(20)23)7-2-5-8(3-6(7)15)27-19-11(5)26-13(24)25/h2-4H,1H3,(H,24,25). The largest absolute Gasteiger partial charge is 0.512 e. The number of carboxylic acid groups (broad SMARTS) is 1. The van der Waals surface area contributed by atoms with Crippen LogP contribution >= 0.6 is 11.5 Å². The van der Waals surface area contributed by atoms with Gasteiger partial charge in [0.1, 0.15) is 11.5 Å². The third-order valence-corrected chi connectivity index (χ3v) is 4.33. The van der Waals surface area contributed by atoms with E-state index in [1.54, 1.807) is 0 Å². The quantitative estimate of drug-likeness (QED) is 0.519. The van der Waals surface area contributed by atoms with Crippen molar-refractivity contribution >= 4 is 27.8 Å². The second-order valence-corrected chi connectivity index (χ2v) is 6.00. The number of nitrogens with zero attached hydrogens (tertiary/aromatic N) is 3. The van der Waals surface area contributed by atoms with E-state index < -0.39 is 46.7 Å². The van der Waals surface area contributed by atoms with Crippen molar-refractivity contribution < 1.29 is 32.2 Å². The van der Waals surface area contributed by atoms with Crippen LogP contribution in [0.15, 0.2) is 27.8 Å². The Balaban J connectivity index is 2.31. The third-order valence-electron chi connectivity index (χ3n) is 3.54. The molecule has 142 valence electrons. The van der Waals surface area contributed by atoms with Gasteiger partial charge in [-0.05, 0) is 23.7 Å². The highest BCUT2D eigenvalue weighted by Crippen LogP contribution is 2.32. The molecule has 0 bridgehead atoms. The number of alkyl halides is 3. The third kappa shape index (κ3) is 3.16. The predicted molar refractivity (Wildman–Crippen MR) is 84.1 cm³/mol. The fourth-order valence-corrected chi connectivity index (χ4v) is 3.09. The van der Waals surface area contributed by atoms with Crippen molar-refractivity contribution in [2.24, 2.45) is 7.05 Å². The minimum atomic E-state index is -4.96. The van der Waals surface area contributed by atoms with Crippen LogP contribution in [0.1, 0.15) is 5.69 Å². The maximum atomic E-state index is 14.4. The summed E-state index contributed by atoms with van der Waals surface area (Å²) in [5.74, 6) is -1.51. The summed E-state index contributed by atoms with van der Waals surface area (Å²) >= 11 is 0.694. The molecule has 0 saturated heterocycles. The van der Waals surface area contributed by atoms with E-state index in [2.05, 4.69) is 9.11 Å². The maximum absolute atomic E-state index is 14.4. The highest BCUT2D eigenvalue weighted by molar-refractivity contribution is 7.13. The number of ether oxygens (including phenoxy) is 1. The van der Waals surface area contributed by atoms with Crippen molar-refractivity contribution in [3.05, 3.63) is 50.5 Å². The lowest BCUT2D eigenvalue weighted by Crippen LogP contribution is -2.41. The van der Waals surface area contributed by atoms with Gasteiger partial charge in [-0.2, -0.15) is 17.5 Å². The van der Waals surface area contributed by atoms with Crippen LogP contribution < -0.4 is 16.0 Å². The van der Waals surface area contributed by atoms with E-state index >= 15 is 0 Å². The highest BCUT2D eigenvalue weighted by Gasteiger charge is 2.35. The van der Waals surface area contributed by atoms with E-state index in [-0.39, 0.29) is 25.3 Å². The van der Waals surface area contributed by atoms with Gasteiger partial charge >= 0.3 is 18.0 Å². The van der Waals surface area contributed by atoms with Crippen molar-refractivity contribution in [1.29, 1.82) is 0 Å². The Bertz CT molecular complexity index is 1190. The summed E-state index contributed by atoms with van der Waals surface area (Å²) < 4.78 is 61.7. The molecular weight excluding hydrogens is 398 g/mol. The van der Waals surface area contributed by atoms with Crippen LogP contribution in [0.25, 0.3) is 15.8 Å². The molecule has 0 fully saturated rings. The van der Waals surface area contributed by atoms with Gasteiger partial charge in [0.2, 0.25) is 5.88 Å². The lowest BCUT2D eigenvalue weighted by Gasteiger charge is -2.14. The molecular formula is C14H7F4N3O5S. The summed E-state index contributed by atoms with van der Waals surface area (Å²) in [6, 6.07) is 1.93. The number of fused-ring (bicyclic) bond motifs is 1. The van der Waals surface area contributed by atoms with E-state index in [1.807, 2.05) is 0 Å². The van der Waals surface area contributed by atoms with Crippen molar-refractivity contribution in [3.63, 3.8) is 0 Å². The van der Waals surface area contributed by atoms with Gasteiger partial charge in [-0.3, -0.25) is 9.36 Å². The number of halogens is 4. The van der Waals surface area contributed by atoms with E-state index in [0.29, 0.717) is 11.5 Å². The van der Waals surface area contributed by atoms with Crippen molar-refractivity contribution in [1.82, 2.24) is 13.5 Å². The highest BCUT2D eigenvalue weighted by atomic mass is 32.1. The molecule has 0 aliphatic rings. The fourth-order valence-electron chi connectivity index (χ4n) is 2.37. The Morgan fingerprint density at radius 3 is 2.52 bits per heavy atom. The number of hydrogen-bond acceptors (Lipinski definition) is 6. The lowest BCUT2D eigenvalue weighted by atomic mass is 10.2. The summed E-state index contributed by atoms with van der Waals surface area (Å²) in [6.45, 7) is 0. The van der Waals surface area contributed by atoms with Crippen LogP contribution in [-0.4, -0.2) is 24.8 Å². The van der Waals surface area contributed by atoms with Gasteiger partial charge in [-0.25, -0.2) is 18.5 Å². The second kappa shape index (κ2) is 6.19. The molecule has 0 amide bonds. The van der Waals surface area contributed by atoms with E-state index in [4.69, 9.17) is 5.11 Å². The molecule has 1 N–H and O–H groups in total. The summed E-state index contributed by atoms with van der Waals surface area (Å²) in [6.07, 6.45) is -6.66. The maximum Gasteiger partial charge on any atom is 0.512 e. The van der Waals surface area contributed by atoms with Crippen LogP contribution in [-0.2, 0) is 13.2 Å². The van der Waals surface area contributed by atoms with Gasteiger partial charge in [0.25, 0.3) is 5.56 Å². The number of carbonyl (C=O) groups is 1. The van der Waals surface area contributed by atoms with Gasteiger partial charge in [0.05, 0.1) is 15.8 Å². The Labute approximate surface area is 149 Å². The molecule has 2 aromatic heterocycles. The van der Waals surface area contributed by atoms with Crippen LogP contribution in [0.5, 0.6) is 5.88 Å². The molecule has 3 rings (SSSR count). The van der Waals surface area contributed by atoms with Gasteiger partial charge in [0, 0.05) is 13.1 Å². The van der Waals surface area contributed by atoms with Crippen LogP contribution in [0, 0.1) is 5.82 Å². The Kier molecular flexibility index (Phi) is 4.26. The lowest BCUT2D eigenvalue weighted by molar-refractivity contribution is -0.144. The average Bonchev–Trinajstić information content (AvgIpc) is 2.91. The molecule has 0 aliphatic heterocycles. The zero-order valence-corrected chi connectivity index (χ0v) is 13.9. The topological polar surface area (TPSA) is 103 Å². The molecule has 0 spiro atoms. The summed E-state index contributed by atoms with van der Waals surface area (Å²) in [5.41, 5.74) is -5.01. The molecule has 0 radical (unpaired) electrons. The molecule has 1 aromatic carbocycles. The molecule has 27 heavy (non-hydrogen) atoms. The zero-order valence-electron chi connectivity index (χ0n) is 13.1. The van der Waals surface area contributed by atoms with Gasteiger partial charge in [0.15, 0.2) is 0 Å². The Morgan fingerprint density at radius 2 is 1.93 bits per heavy atom. The first-order chi connectivity index (χ1) is 12.5. The first kappa shape index (κ1) is 18.6. The molecule has 3 aromatic rings. The van der Waals surface area contributed by atoms with Crippen LogP contribution in [0.2, 0.25) is 0 Å². The molecule has 8 nitrogen and oxygen atoms in total. The minimum Gasteiger partial charge on any atom is -0.449 e. The van der Waals surface area contributed by atoms with Gasteiger partial charge in [-0.15, -0.1) is 0 Å². The number of hydrogen-bond donors (Lipinski definition) is 1. The average molecular weight is 405 g/mol. The number of rotatable bonds is 2. The van der Waals surface area contributed by atoms with Gasteiger partial charge in [-0.1, -0.05) is 0 Å². The van der Waals surface area contributed by atoms with E-state index in [1.165, 1.54) is 0 Å². The zero-order chi connectivity index (χ0) is 20.1. The first-order valence-corrected chi connectivity index (χ1v) is 7.68. The molecule has 13 heteroatoms.